The maximum Gasteiger partial charge on any atom is 0.417 e. The monoisotopic (exact) mass is 373 g/mol. The van der Waals surface area contributed by atoms with E-state index in [9.17, 15) is 26.4 Å². The number of anilines is 1. The predicted molar refractivity (Wildman–Crippen MR) is 85.5 cm³/mol. The van der Waals surface area contributed by atoms with Crippen LogP contribution in [0.3, 0.4) is 0 Å². The number of hydrogen-bond acceptors (Lipinski definition) is 4. The second kappa shape index (κ2) is 7.14. The highest BCUT2D eigenvalue weighted by Gasteiger charge is 2.36. The molecule has 5 nitrogen and oxygen atoms in total. The van der Waals surface area contributed by atoms with Crippen molar-refractivity contribution in [2.45, 2.75) is 12.8 Å². The Bertz CT molecular complexity index is 865. The van der Waals surface area contributed by atoms with E-state index in [1.54, 1.807) is 30.3 Å². The molecular weight excluding hydrogens is 359 g/mol. The van der Waals surface area contributed by atoms with Crippen LogP contribution in [0.5, 0.6) is 0 Å². The number of esters is 1. The Kier molecular flexibility index (Phi) is 5.36. The van der Waals surface area contributed by atoms with Crippen LogP contribution in [0.25, 0.3) is 0 Å². The van der Waals surface area contributed by atoms with Gasteiger partial charge in [-0.15, -0.1) is 0 Å². The molecule has 2 rings (SSSR count). The minimum atomic E-state index is -4.79. The summed E-state index contributed by atoms with van der Waals surface area (Å²) in [6.07, 6.45) is -3.94. The topological polar surface area (TPSA) is 72.5 Å². The highest BCUT2D eigenvalue weighted by molar-refractivity contribution is 7.92. The summed E-state index contributed by atoms with van der Waals surface area (Å²) in [5.74, 6) is -1.20. The summed E-state index contributed by atoms with van der Waals surface area (Å²) in [7, 11) is -3.71. The number of carbonyl (C=O) groups is 1. The average molecular weight is 373 g/mol. The van der Waals surface area contributed by atoms with E-state index in [0.717, 1.165) is 18.4 Å². The third-order valence-corrected chi connectivity index (χ3v) is 3.67. The molecule has 0 unspecified atom stereocenters. The quantitative estimate of drug-likeness (QED) is 0.815. The van der Waals surface area contributed by atoms with Crippen LogP contribution < -0.4 is 4.72 Å². The van der Waals surface area contributed by atoms with Crippen molar-refractivity contribution in [1.29, 1.82) is 0 Å². The van der Waals surface area contributed by atoms with Gasteiger partial charge >= 0.3 is 12.1 Å². The van der Waals surface area contributed by atoms with Crippen LogP contribution in [-0.4, -0.2) is 20.6 Å². The van der Waals surface area contributed by atoms with E-state index in [1.165, 1.54) is 0 Å². The molecule has 0 aliphatic carbocycles. The predicted octanol–water partition coefficient (Wildman–Crippen LogP) is 3.43. The number of ether oxygens (including phenoxy) is 1. The van der Waals surface area contributed by atoms with Gasteiger partial charge in [0.05, 0.1) is 17.4 Å². The third kappa shape index (κ3) is 5.49. The lowest BCUT2D eigenvalue weighted by atomic mass is 10.1. The van der Waals surface area contributed by atoms with E-state index in [2.05, 4.69) is 0 Å². The number of rotatable bonds is 5. The van der Waals surface area contributed by atoms with Gasteiger partial charge in [-0.25, -0.2) is 13.2 Å². The number of benzene rings is 2. The second-order valence-corrected chi connectivity index (χ2v) is 6.94. The zero-order valence-electron chi connectivity index (χ0n) is 13.0. The van der Waals surface area contributed by atoms with Crippen LogP contribution in [-0.2, 0) is 27.5 Å². The van der Waals surface area contributed by atoms with Gasteiger partial charge in [0.2, 0.25) is 10.0 Å². The molecule has 0 amide bonds. The first-order valence-corrected chi connectivity index (χ1v) is 8.85. The van der Waals surface area contributed by atoms with Gasteiger partial charge in [-0.3, -0.25) is 4.72 Å². The average Bonchev–Trinajstić information content (AvgIpc) is 2.51. The van der Waals surface area contributed by atoms with Gasteiger partial charge in [-0.05, 0) is 23.8 Å². The Morgan fingerprint density at radius 1 is 1.12 bits per heavy atom. The van der Waals surface area contributed by atoms with Crippen molar-refractivity contribution in [3.05, 3.63) is 65.2 Å². The minimum absolute atomic E-state index is 0.165. The first kappa shape index (κ1) is 18.8. The van der Waals surface area contributed by atoms with Crippen LogP contribution in [0.2, 0.25) is 0 Å². The summed E-state index contributed by atoms with van der Waals surface area (Å²) in [4.78, 5) is 12.1. The lowest BCUT2D eigenvalue weighted by Crippen LogP contribution is -2.17. The molecule has 0 aliphatic heterocycles. The van der Waals surface area contributed by atoms with Gasteiger partial charge in [0.15, 0.2) is 0 Å². The maximum atomic E-state index is 13.1. The SMILES string of the molecule is CS(=O)(=O)Nc1ccc(C(F)(F)F)c(C(=O)OCc2ccccc2)c1. The number of hydrogen-bond donors (Lipinski definition) is 1. The largest absolute Gasteiger partial charge is 0.457 e. The first-order valence-electron chi connectivity index (χ1n) is 6.96. The van der Waals surface area contributed by atoms with Gasteiger partial charge in [0.25, 0.3) is 0 Å². The molecule has 2 aromatic carbocycles. The zero-order chi connectivity index (χ0) is 18.7. The Balaban J connectivity index is 2.31. The van der Waals surface area contributed by atoms with E-state index in [4.69, 9.17) is 4.74 Å². The molecule has 0 bridgehead atoms. The summed E-state index contributed by atoms with van der Waals surface area (Å²) in [6.45, 7) is -0.208. The van der Waals surface area contributed by atoms with Gasteiger partial charge in [-0.2, -0.15) is 13.2 Å². The van der Waals surface area contributed by atoms with E-state index < -0.39 is 33.3 Å². The molecule has 9 heteroatoms. The van der Waals surface area contributed by atoms with Crippen LogP contribution in [0.15, 0.2) is 48.5 Å². The second-order valence-electron chi connectivity index (χ2n) is 5.19. The van der Waals surface area contributed by atoms with Gasteiger partial charge in [0, 0.05) is 5.69 Å². The summed E-state index contributed by atoms with van der Waals surface area (Å²) >= 11 is 0. The summed E-state index contributed by atoms with van der Waals surface area (Å²) in [5.41, 5.74) is -1.53. The number of halogens is 3. The molecule has 0 fully saturated rings. The summed E-state index contributed by atoms with van der Waals surface area (Å²) in [5, 5.41) is 0. The fourth-order valence-corrected chi connectivity index (χ4v) is 2.59. The Labute approximate surface area is 142 Å². The number of nitrogens with one attached hydrogen (secondary N) is 1. The van der Waals surface area contributed by atoms with E-state index in [-0.39, 0.29) is 12.3 Å². The van der Waals surface area contributed by atoms with Crippen molar-refractivity contribution in [3.8, 4) is 0 Å². The van der Waals surface area contributed by atoms with Crippen molar-refractivity contribution in [2.75, 3.05) is 11.0 Å². The molecule has 0 atom stereocenters. The highest BCUT2D eigenvalue weighted by Crippen LogP contribution is 2.34. The van der Waals surface area contributed by atoms with Crippen molar-refractivity contribution in [1.82, 2.24) is 0 Å². The van der Waals surface area contributed by atoms with E-state index >= 15 is 0 Å². The van der Waals surface area contributed by atoms with Crippen LogP contribution >= 0.6 is 0 Å². The number of sulfonamides is 1. The normalized spacial score (nSPS) is 11.8. The fraction of sp³-hybridized carbons (Fsp3) is 0.188. The zero-order valence-corrected chi connectivity index (χ0v) is 13.8. The molecule has 0 saturated heterocycles. The Morgan fingerprint density at radius 3 is 2.32 bits per heavy atom. The molecular formula is C16H14F3NO4S. The molecule has 0 heterocycles. The van der Waals surface area contributed by atoms with Gasteiger partial charge in [0.1, 0.15) is 6.61 Å². The van der Waals surface area contributed by atoms with Crippen molar-refractivity contribution in [3.63, 3.8) is 0 Å². The number of alkyl halides is 3. The van der Waals surface area contributed by atoms with Crippen molar-refractivity contribution < 1.29 is 31.1 Å². The van der Waals surface area contributed by atoms with Crippen LogP contribution in [0.1, 0.15) is 21.5 Å². The van der Waals surface area contributed by atoms with E-state index in [0.29, 0.717) is 11.6 Å². The molecule has 0 aromatic heterocycles. The molecule has 1 N–H and O–H groups in total. The molecule has 0 radical (unpaired) electrons. The highest BCUT2D eigenvalue weighted by atomic mass is 32.2. The summed E-state index contributed by atoms with van der Waals surface area (Å²) in [6, 6.07) is 10.8. The minimum Gasteiger partial charge on any atom is -0.457 e. The molecule has 0 aliphatic rings. The fourth-order valence-electron chi connectivity index (χ4n) is 2.04. The maximum absolute atomic E-state index is 13.1. The Morgan fingerprint density at radius 2 is 1.76 bits per heavy atom. The Hall–Kier alpha value is -2.55. The standard InChI is InChI=1S/C16H14F3NO4S/c1-25(22,23)20-12-7-8-14(16(17,18)19)13(9-12)15(21)24-10-11-5-3-2-4-6-11/h2-9,20H,10H2,1H3. The first-order chi connectivity index (χ1) is 11.6. The molecule has 0 saturated carbocycles. The van der Waals surface area contributed by atoms with Gasteiger partial charge in [-0.1, -0.05) is 30.3 Å². The lowest BCUT2D eigenvalue weighted by Gasteiger charge is -2.14. The lowest BCUT2D eigenvalue weighted by molar-refractivity contribution is -0.138. The molecule has 2 aromatic rings. The van der Waals surface area contributed by atoms with Crippen molar-refractivity contribution >= 4 is 21.7 Å². The number of carbonyl (C=O) groups excluding carboxylic acids is 1. The van der Waals surface area contributed by atoms with Crippen molar-refractivity contribution in [2.24, 2.45) is 0 Å². The van der Waals surface area contributed by atoms with Crippen LogP contribution in [0.4, 0.5) is 18.9 Å². The van der Waals surface area contributed by atoms with Crippen LogP contribution in [0, 0.1) is 0 Å². The smallest absolute Gasteiger partial charge is 0.417 e. The van der Waals surface area contributed by atoms with E-state index in [1.807, 2.05) is 4.72 Å². The molecule has 134 valence electrons. The third-order valence-electron chi connectivity index (χ3n) is 3.06. The van der Waals surface area contributed by atoms with Gasteiger partial charge < -0.3 is 4.74 Å². The molecule has 0 spiro atoms. The molecule has 25 heavy (non-hydrogen) atoms. The summed E-state index contributed by atoms with van der Waals surface area (Å²) < 4.78 is 68.7.